The van der Waals surface area contributed by atoms with Crippen LogP contribution in [0.3, 0.4) is 0 Å². The van der Waals surface area contributed by atoms with Gasteiger partial charge in [0.2, 0.25) is 0 Å². The minimum atomic E-state index is -0.0747. The number of nitrogens with zero attached hydrogens (tertiary/aromatic N) is 2. The molecule has 0 unspecified atom stereocenters. The maximum Gasteiger partial charge on any atom is 0.263 e. The minimum Gasteiger partial charge on any atom is -0.272 e. The highest BCUT2D eigenvalue weighted by Crippen LogP contribution is 2.24. The number of benzene rings is 2. The molecule has 4 heteroatoms. The van der Waals surface area contributed by atoms with Crippen molar-refractivity contribution in [1.29, 1.82) is 0 Å². The van der Waals surface area contributed by atoms with Crippen molar-refractivity contribution in [3.63, 3.8) is 0 Å². The van der Waals surface area contributed by atoms with Gasteiger partial charge in [-0.15, -0.1) is 0 Å². The molecule has 0 radical (unpaired) electrons. The molecule has 88 valence electrons. The predicted octanol–water partition coefficient (Wildman–Crippen LogP) is 3.49. The second-order valence-corrected chi connectivity index (χ2v) is 4.81. The van der Waals surface area contributed by atoms with Crippen LogP contribution >= 0.6 is 15.9 Å². The summed E-state index contributed by atoms with van der Waals surface area (Å²) >= 11 is 3.50. The first-order valence-electron chi connectivity index (χ1n) is 5.46. The monoisotopic (exact) mass is 300 g/mol. The highest BCUT2D eigenvalue weighted by atomic mass is 79.9. The average molecular weight is 301 g/mol. The standard InChI is InChI=1S/C14H9BrN2O/c15-13-3-1-2-10-8-11(4-5-12(10)13)14(18)17-7-6-16-9-17/h1-9H. The van der Waals surface area contributed by atoms with Crippen molar-refractivity contribution in [2.75, 3.05) is 0 Å². The lowest BCUT2D eigenvalue weighted by atomic mass is 10.1. The van der Waals surface area contributed by atoms with Crippen molar-refractivity contribution in [2.45, 2.75) is 0 Å². The molecule has 0 amide bonds. The number of hydrogen-bond acceptors (Lipinski definition) is 2. The Bertz CT molecular complexity index is 720. The SMILES string of the molecule is O=C(c1ccc2c(Br)cccc2c1)n1ccnc1. The van der Waals surface area contributed by atoms with E-state index in [4.69, 9.17) is 0 Å². The zero-order valence-electron chi connectivity index (χ0n) is 9.38. The van der Waals surface area contributed by atoms with E-state index in [9.17, 15) is 4.79 Å². The van der Waals surface area contributed by atoms with Crippen molar-refractivity contribution in [1.82, 2.24) is 9.55 Å². The smallest absolute Gasteiger partial charge is 0.263 e. The molecule has 18 heavy (non-hydrogen) atoms. The molecule has 0 saturated carbocycles. The van der Waals surface area contributed by atoms with Gasteiger partial charge in [-0.1, -0.05) is 34.1 Å². The van der Waals surface area contributed by atoms with Gasteiger partial charge in [0.1, 0.15) is 6.33 Å². The molecule has 0 spiro atoms. The Morgan fingerprint density at radius 3 is 2.89 bits per heavy atom. The van der Waals surface area contributed by atoms with Crippen molar-refractivity contribution < 1.29 is 4.79 Å². The molecule has 0 aliphatic rings. The molecule has 3 nitrogen and oxygen atoms in total. The van der Waals surface area contributed by atoms with Crippen LogP contribution < -0.4 is 0 Å². The van der Waals surface area contributed by atoms with Crippen LogP contribution in [0.25, 0.3) is 10.8 Å². The number of hydrogen-bond donors (Lipinski definition) is 0. The van der Waals surface area contributed by atoms with Crippen LogP contribution in [0.5, 0.6) is 0 Å². The first-order chi connectivity index (χ1) is 8.75. The van der Waals surface area contributed by atoms with Gasteiger partial charge in [0.05, 0.1) is 0 Å². The number of rotatable bonds is 1. The summed E-state index contributed by atoms with van der Waals surface area (Å²) < 4.78 is 2.50. The predicted molar refractivity (Wildman–Crippen MR) is 73.6 cm³/mol. The van der Waals surface area contributed by atoms with E-state index in [-0.39, 0.29) is 5.91 Å². The van der Waals surface area contributed by atoms with Crippen LogP contribution in [0, 0.1) is 0 Å². The molecule has 0 fully saturated rings. The number of halogens is 1. The topological polar surface area (TPSA) is 34.9 Å². The van der Waals surface area contributed by atoms with Gasteiger partial charge in [-0.25, -0.2) is 4.98 Å². The Kier molecular flexibility index (Phi) is 2.72. The molecule has 3 aromatic rings. The maximum atomic E-state index is 12.1. The molecule has 0 bridgehead atoms. The van der Waals surface area contributed by atoms with E-state index in [1.165, 1.54) is 10.9 Å². The van der Waals surface area contributed by atoms with Gasteiger partial charge in [-0.2, -0.15) is 0 Å². The van der Waals surface area contributed by atoms with Crippen LogP contribution in [0.4, 0.5) is 0 Å². The highest BCUT2D eigenvalue weighted by molar-refractivity contribution is 9.10. The molecule has 2 aromatic carbocycles. The van der Waals surface area contributed by atoms with Gasteiger partial charge in [0, 0.05) is 22.4 Å². The third kappa shape index (κ3) is 1.84. The second-order valence-electron chi connectivity index (χ2n) is 3.95. The van der Waals surface area contributed by atoms with Crippen molar-refractivity contribution in [3.8, 4) is 0 Å². The fourth-order valence-electron chi connectivity index (χ4n) is 1.91. The molecular formula is C14H9BrN2O. The van der Waals surface area contributed by atoms with E-state index >= 15 is 0 Å². The largest absolute Gasteiger partial charge is 0.272 e. The number of imidazole rings is 1. The summed E-state index contributed by atoms with van der Waals surface area (Å²) in [7, 11) is 0. The Morgan fingerprint density at radius 2 is 2.11 bits per heavy atom. The Morgan fingerprint density at radius 1 is 1.22 bits per heavy atom. The summed E-state index contributed by atoms with van der Waals surface area (Å²) in [6.07, 6.45) is 4.75. The minimum absolute atomic E-state index is 0.0747. The first-order valence-corrected chi connectivity index (χ1v) is 6.26. The van der Waals surface area contributed by atoms with Gasteiger partial charge in [0.15, 0.2) is 0 Å². The van der Waals surface area contributed by atoms with Gasteiger partial charge in [-0.3, -0.25) is 9.36 Å². The van der Waals surface area contributed by atoms with Gasteiger partial charge in [0.25, 0.3) is 5.91 Å². The molecule has 1 aromatic heterocycles. The molecule has 0 atom stereocenters. The summed E-state index contributed by atoms with van der Waals surface area (Å²) in [4.78, 5) is 16.0. The van der Waals surface area contributed by atoms with E-state index in [2.05, 4.69) is 20.9 Å². The van der Waals surface area contributed by atoms with Crippen molar-refractivity contribution in [3.05, 3.63) is 65.2 Å². The third-order valence-electron chi connectivity index (χ3n) is 2.81. The summed E-state index contributed by atoms with van der Waals surface area (Å²) in [6, 6.07) is 11.6. The van der Waals surface area contributed by atoms with Gasteiger partial charge < -0.3 is 0 Å². The summed E-state index contributed by atoms with van der Waals surface area (Å²) in [5, 5.41) is 2.13. The normalized spacial score (nSPS) is 10.7. The lowest BCUT2D eigenvalue weighted by Crippen LogP contribution is -2.09. The van der Waals surface area contributed by atoms with E-state index in [0.29, 0.717) is 5.56 Å². The Balaban J connectivity index is 2.12. The fraction of sp³-hybridized carbons (Fsp3) is 0. The summed E-state index contributed by atoms with van der Waals surface area (Å²) in [5.74, 6) is -0.0747. The molecule has 0 aliphatic carbocycles. The summed E-state index contributed by atoms with van der Waals surface area (Å²) in [5.41, 5.74) is 0.651. The van der Waals surface area contributed by atoms with Crippen LogP contribution in [0.15, 0.2) is 59.6 Å². The van der Waals surface area contributed by atoms with E-state index in [1.54, 1.807) is 12.4 Å². The quantitative estimate of drug-likeness (QED) is 0.689. The molecule has 0 N–H and O–H groups in total. The molecule has 3 rings (SSSR count). The first kappa shape index (κ1) is 11.2. The third-order valence-corrected chi connectivity index (χ3v) is 3.50. The van der Waals surface area contributed by atoms with Crippen LogP contribution in [-0.2, 0) is 0 Å². The van der Waals surface area contributed by atoms with Crippen LogP contribution in [0.2, 0.25) is 0 Å². The summed E-state index contributed by atoms with van der Waals surface area (Å²) in [6.45, 7) is 0. The van der Waals surface area contributed by atoms with E-state index in [1.807, 2.05) is 36.4 Å². The molecule has 0 saturated heterocycles. The Hall–Kier alpha value is -1.94. The van der Waals surface area contributed by atoms with Crippen LogP contribution in [-0.4, -0.2) is 15.5 Å². The lowest BCUT2D eigenvalue weighted by molar-refractivity contribution is 0.0960. The second kappa shape index (κ2) is 4.38. The zero-order valence-corrected chi connectivity index (χ0v) is 11.0. The number of fused-ring (bicyclic) bond motifs is 1. The Labute approximate surface area is 112 Å². The zero-order chi connectivity index (χ0) is 12.5. The van der Waals surface area contributed by atoms with Gasteiger partial charge in [-0.05, 0) is 29.0 Å². The lowest BCUT2D eigenvalue weighted by Gasteiger charge is -2.04. The molecule has 0 aliphatic heterocycles. The highest BCUT2D eigenvalue weighted by Gasteiger charge is 2.08. The molecular weight excluding hydrogens is 292 g/mol. The fourth-order valence-corrected chi connectivity index (χ4v) is 2.42. The number of aromatic nitrogens is 2. The van der Waals surface area contributed by atoms with E-state index < -0.39 is 0 Å². The van der Waals surface area contributed by atoms with Crippen LogP contribution in [0.1, 0.15) is 10.4 Å². The molecule has 1 heterocycles. The van der Waals surface area contributed by atoms with Crippen molar-refractivity contribution in [2.24, 2.45) is 0 Å². The maximum absolute atomic E-state index is 12.1. The average Bonchev–Trinajstić information content (AvgIpc) is 2.91. The number of carbonyl (C=O) groups is 1. The van der Waals surface area contributed by atoms with Crippen molar-refractivity contribution >= 4 is 32.6 Å². The van der Waals surface area contributed by atoms with Gasteiger partial charge >= 0.3 is 0 Å². The van der Waals surface area contributed by atoms with E-state index in [0.717, 1.165) is 15.2 Å². The number of carbonyl (C=O) groups excluding carboxylic acids is 1.